The Hall–Kier alpha value is -4.82. The maximum Gasteiger partial charge on any atom is 0.373 e. The van der Waals surface area contributed by atoms with Crippen molar-refractivity contribution in [2.24, 2.45) is 0 Å². The lowest BCUT2D eigenvalue weighted by Crippen LogP contribution is -2.64. The maximum absolute atomic E-state index is 13.0. The number of amides is 3. The summed E-state index contributed by atoms with van der Waals surface area (Å²) < 4.78 is 31.4. The number of esters is 4. The molecule has 41 heavy (non-hydrogen) atoms. The van der Waals surface area contributed by atoms with Crippen molar-refractivity contribution in [3.8, 4) is 5.75 Å². The van der Waals surface area contributed by atoms with E-state index in [9.17, 15) is 28.8 Å². The Morgan fingerprint density at radius 1 is 0.927 bits per heavy atom. The van der Waals surface area contributed by atoms with Gasteiger partial charge in [0.15, 0.2) is 18.3 Å². The highest BCUT2D eigenvalue weighted by Crippen LogP contribution is 2.27. The molecule has 1 aromatic rings. The number of hydrogen-bond donors (Lipinski definition) is 3. The van der Waals surface area contributed by atoms with Crippen LogP contribution in [-0.4, -0.2) is 87.0 Å². The highest BCUT2D eigenvalue weighted by molar-refractivity contribution is 5.91. The normalized spacial score (nSPS) is 19.1. The van der Waals surface area contributed by atoms with E-state index in [0.717, 1.165) is 27.9 Å². The SMILES string of the molecule is COC(=O)C1=C[C@H](NC(=O)Nc2cccc(OC)c2)[C@@H](NC(C)=O)[C@H]([C@H](OC(C)=O)[C@@H](COC(C)=O)OC(C)=O)O1. The summed E-state index contributed by atoms with van der Waals surface area (Å²) in [7, 11) is 2.55. The van der Waals surface area contributed by atoms with E-state index in [-0.39, 0.29) is 0 Å². The van der Waals surface area contributed by atoms with Crippen molar-refractivity contribution in [1.82, 2.24) is 10.6 Å². The second-order valence-electron chi connectivity index (χ2n) is 8.71. The van der Waals surface area contributed by atoms with Gasteiger partial charge in [0.1, 0.15) is 12.4 Å². The molecule has 1 aliphatic rings. The van der Waals surface area contributed by atoms with Crippen molar-refractivity contribution >= 4 is 41.5 Å². The number of hydrogen-bond acceptors (Lipinski definition) is 12. The molecule has 224 valence electrons. The quantitative estimate of drug-likeness (QED) is 0.244. The molecule has 0 saturated heterocycles. The molecule has 15 nitrogen and oxygen atoms in total. The van der Waals surface area contributed by atoms with Crippen molar-refractivity contribution in [2.45, 2.75) is 58.1 Å². The van der Waals surface area contributed by atoms with Gasteiger partial charge in [0.2, 0.25) is 11.7 Å². The highest BCUT2D eigenvalue weighted by atomic mass is 16.6. The van der Waals surface area contributed by atoms with E-state index in [1.807, 2.05) is 0 Å². The van der Waals surface area contributed by atoms with Crippen LogP contribution in [0.2, 0.25) is 0 Å². The first-order chi connectivity index (χ1) is 19.3. The standard InChI is InChI=1S/C26H33N3O12/c1-13(30)27-22-19(29-26(35)28-17-8-7-9-18(10-17)36-5)11-20(25(34)37-6)41-24(22)23(40-16(4)33)21(39-15(3)32)12-38-14(2)31/h7-11,19,21-24H,12H2,1-6H3,(H,27,30)(H2,28,29,35)/t19-,21+,22+,23+,24+/m0/s1. The van der Waals surface area contributed by atoms with Crippen LogP contribution in [0.15, 0.2) is 36.1 Å². The van der Waals surface area contributed by atoms with Crippen LogP contribution in [0.25, 0.3) is 0 Å². The molecule has 1 aromatic carbocycles. The Bertz CT molecular complexity index is 1180. The van der Waals surface area contributed by atoms with Crippen LogP contribution >= 0.6 is 0 Å². The summed E-state index contributed by atoms with van der Waals surface area (Å²) in [4.78, 5) is 73.3. The van der Waals surface area contributed by atoms with Crippen LogP contribution in [0.1, 0.15) is 27.7 Å². The van der Waals surface area contributed by atoms with Crippen molar-refractivity contribution < 1.29 is 57.2 Å². The minimum atomic E-state index is -1.55. The molecule has 3 amide bonds. The third kappa shape index (κ3) is 10.0. The molecule has 5 atom stereocenters. The number of rotatable bonds is 11. The van der Waals surface area contributed by atoms with E-state index in [0.29, 0.717) is 11.4 Å². The number of methoxy groups -OCH3 is 2. The zero-order chi connectivity index (χ0) is 30.7. The molecule has 15 heteroatoms. The lowest BCUT2D eigenvalue weighted by Gasteiger charge is -2.41. The zero-order valence-corrected chi connectivity index (χ0v) is 23.4. The molecule has 0 spiro atoms. The molecule has 0 radical (unpaired) electrons. The highest BCUT2D eigenvalue weighted by Gasteiger charge is 2.48. The Balaban J connectivity index is 2.54. The van der Waals surface area contributed by atoms with Crippen LogP contribution in [0.5, 0.6) is 5.75 Å². The van der Waals surface area contributed by atoms with Crippen molar-refractivity contribution in [2.75, 3.05) is 26.1 Å². The van der Waals surface area contributed by atoms with Gasteiger partial charge in [-0.2, -0.15) is 0 Å². The number of ether oxygens (including phenoxy) is 6. The van der Waals surface area contributed by atoms with Gasteiger partial charge in [-0.15, -0.1) is 0 Å². The molecule has 0 fully saturated rings. The summed E-state index contributed by atoms with van der Waals surface area (Å²) in [5, 5.41) is 7.86. The first kappa shape index (κ1) is 32.4. The molecule has 0 aromatic heterocycles. The van der Waals surface area contributed by atoms with Crippen molar-refractivity contribution in [1.29, 1.82) is 0 Å². The number of carbonyl (C=O) groups excluding carboxylic acids is 6. The topological polar surface area (TPSA) is 194 Å². The predicted octanol–water partition coefficient (Wildman–Crippen LogP) is 0.572. The van der Waals surface area contributed by atoms with Gasteiger partial charge in [0.05, 0.1) is 26.3 Å². The van der Waals surface area contributed by atoms with Crippen molar-refractivity contribution in [3.63, 3.8) is 0 Å². The number of anilines is 1. The van der Waals surface area contributed by atoms with Gasteiger partial charge in [0, 0.05) is 39.4 Å². The smallest absolute Gasteiger partial charge is 0.373 e. The van der Waals surface area contributed by atoms with Gasteiger partial charge < -0.3 is 44.4 Å². The minimum Gasteiger partial charge on any atom is -0.497 e. The fourth-order valence-electron chi connectivity index (χ4n) is 3.93. The third-order valence-electron chi connectivity index (χ3n) is 5.48. The first-order valence-electron chi connectivity index (χ1n) is 12.3. The Kier molecular flexibility index (Phi) is 11.9. The molecule has 0 aliphatic carbocycles. The molecule has 2 rings (SSSR count). The van der Waals surface area contributed by atoms with Gasteiger partial charge in [-0.25, -0.2) is 9.59 Å². The molecule has 0 saturated carbocycles. The predicted molar refractivity (Wildman–Crippen MR) is 139 cm³/mol. The monoisotopic (exact) mass is 579 g/mol. The lowest BCUT2D eigenvalue weighted by molar-refractivity contribution is -0.188. The van der Waals surface area contributed by atoms with Gasteiger partial charge in [-0.05, 0) is 18.2 Å². The fourth-order valence-corrected chi connectivity index (χ4v) is 3.93. The summed E-state index contributed by atoms with van der Waals surface area (Å²) in [5.41, 5.74) is 0.368. The summed E-state index contributed by atoms with van der Waals surface area (Å²) in [6.07, 6.45) is -3.26. The largest absolute Gasteiger partial charge is 0.497 e. The van der Waals surface area contributed by atoms with Gasteiger partial charge >= 0.3 is 29.9 Å². The molecule has 1 heterocycles. The third-order valence-corrected chi connectivity index (χ3v) is 5.48. The summed E-state index contributed by atoms with van der Waals surface area (Å²) in [5.74, 6) is -3.86. The second-order valence-corrected chi connectivity index (χ2v) is 8.71. The van der Waals surface area contributed by atoms with E-state index in [1.165, 1.54) is 20.1 Å². The lowest BCUT2D eigenvalue weighted by atomic mass is 9.91. The van der Waals surface area contributed by atoms with Gasteiger partial charge in [0.25, 0.3) is 0 Å². The van der Waals surface area contributed by atoms with E-state index in [2.05, 4.69) is 16.0 Å². The molecule has 0 unspecified atom stereocenters. The van der Waals surface area contributed by atoms with E-state index in [1.54, 1.807) is 24.3 Å². The van der Waals surface area contributed by atoms with Gasteiger partial charge in [-0.1, -0.05) is 6.07 Å². The molecular weight excluding hydrogens is 546 g/mol. The summed E-state index contributed by atoms with van der Waals surface area (Å²) >= 11 is 0. The summed E-state index contributed by atoms with van der Waals surface area (Å²) in [6, 6.07) is 3.36. The Morgan fingerprint density at radius 3 is 2.17 bits per heavy atom. The molecular formula is C26H33N3O12. The molecule has 3 N–H and O–H groups in total. The van der Waals surface area contributed by atoms with Gasteiger partial charge in [-0.3, -0.25) is 19.2 Å². The number of urea groups is 1. The minimum absolute atomic E-state index is 0.368. The number of benzene rings is 1. The maximum atomic E-state index is 13.0. The van der Waals surface area contributed by atoms with E-state index in [4.69, 9.17) is 28.4 Å². The van der Waals surface area contributed by atoms with Crippen molar-refractivity contribution in [3.05, 3.63) is 36.1 Å². The van der Waals surface area contributed by atoms with E-state index >= 15 is 0 Å². The average molecular weight is 580 g/mol. The molecule has 1 aliphatic heterocycles. The Labute approximate surface area is 235 Å². The number of nitrogens with one attached hydrogen (secondary N) is 3. The summed E-state index contributed by atoms with van der Waals surface area (Å²) in [6.45, 7) is 3.88. The average Bonchev–Trinajstić information content (AvgIpc) is 2.89. The number of carbonyl (C=O) groups is 6. The van der Waals surface area contributed by atoms with Crippen LogP contribution in [-0.2, 0) is 47.7 Å². The van der Waals surface area contributed by atoms with E-state index < -0.39 is 78.6 Å². The van der Waals surface area contributed by atoms with Crippen LogP contribution in [0.3, 0.4) is 0 Å². The van der Waals surface area contributed by atoms with Crippen LogP contribution in [0.4, 0.5) is 10.5 Å². The molecule has 0 bridgehead atoms. The fraction of sp³-hybridized carbons (Fsp3) is 0.462. The second kappa shape index (κ2) is 15.1. The Morgan fingerprint density at radius 2 is 1.61 bits per heavy atom. The zero-order valence-electron chi connectivity index (χ0n) is 23.4. The van der Waals surface area contributed by atoms with Crippen LogP contribution < -0.4 is 20.7 Å². The first-order valence-corrected chi connectivity index (χ1v) is 12.3. The van der Waals surface area contributed by atoms with Crippen LogP contribution in [0, 0.1) is 0 Å².